The lowest BCUT2D eigenvalue weighted by molar-refractivity contribution is -0.121. The Hall–Kier alpha value is -2.78. The second kappa shape index (κ2) is 8.71. The molecule has 1 heterocycles. The van der Waals surface area contributed by atoms with Crippen LogP contribution in [-0.4, -0.2) is 37.6 Å². The van der Waals surface area contributed by atoms with Gasteiger partial charge in [-0.3, -0.25) is 9.59 Å². The Morgan fingerprint density at radius 3 is 2.21 bits per heavy atom. The van der Waals surface area contributed by atoms with Gasteiger partial charge in [-0.25, -0.2) is 12.8 Å². The van der Waals surface area contributed by atoms with Crippen molar-refractivity contribution in [1.29, 1.82) is 0 Å². The highest BCUT2D eigenvalue weighted by molar-refractivity contribution is 7.89. The molecule has 0 radical (unpaired) electrons. The normalized spacial score (nSPS) is 17.5. The lowest BCUT2D eigenvalue weighted by atomic mass is 9.99. The van der Waals surface area contributed by atoms with E-state index in [9.17, 15) is 22.4 Å². The van der Waals surface area contributed by atoms with Gasteiger partial charge in [0, 0.05) is 31.4 Å². The van der Waals surface area contributed by atoms with Gasteiger partial charge in [0.25, 0.3) is 0 Å². The van der Waals surface area contributed by atoms with E-state index >= 15 is 0 Å². The monoisotopic (exact) mass is 419 g/mol. The Morgan fingerprint density at radius 2 is 1.59 bits per heavy atom. The molecule has 1 fully saturated rings. The van der Waals surface area contributed by atoms with Crippen LogP contribution < -0.4 is 10.6 Å². The highest BCUT2D eigenvalue weighted by Gasteiger charge is 2.33. The minimum Gasteiger partial charge on any atom is -0.326 e. The van der Waals surface area contributed by atoms with E-state index in [0.717, 1.165) is 0 Å². The Bertz CT molecular complexity index is 991. The van der Waals surface area contributed by atoms with Gasteiger partial charge in [-0.05, 0) is 61.4 Å². The van der Waals surface area contributed by atoms with Crippen LogP contribution in [0.2, 0.25) is 0 Å². The number of anilines is 2. The van der Waals surface area contributed by atoms with E-state index < -0.39 is 21.8 Å². The highest BCUT2D eigenvalue weighted by Crippen LogP contribution is 2.25. The van der Waals surface area contributed by atoms with Crippen LogP contribution in [-0.2, 0) is 19.6 Å². The van der Waals surface area contributed by atoms with Crippen molar-refractivity contribution in [2.45, 2.75) is 24.7 Å². The number of sulfonamides is 1. The predicted octanol–water partition coefficient (Wildman–Crippen LogP) is 2.82. The molecule has 2 aromatic rings. The minimum absolute atomic E-state index is 0.0722. The van der Waals surface area contributed by atoms with Crippen molar-refractivity contribution in [3.05, 3.63) is 54.3 Å². The lowest BCUT2D eigenvalue weighted by Gasteiger charge is -2.31. The van der Waals surface area contributed by atoms with Gasteiger partial charge in [-0.1, -0.05) is 0 Å². The second-order valence-corrected chi connectivity index (χ2v) is 8.84. The Morgan fingerprint density at radius 1 is 1.00 bits per heavy atom. The first-order valence-corrected chi connectivity index (χ1v) is 10.6. The predicted molar refractivity (Wildman–Crippen MR) is 107 cm³/mol. The fourth-order valence-corrected chi connectivity index (χ4v) is 4.74. The number of rotatable bonds is 5. The van der Waals surface area contributed by atoms with Crippen molar-refractivity contribution >= 4 is 33.2 Å². The van der Waals surface area contributed by atoms with Crippen molar-refractivity contribution in [2.24, 2.45) is 5.92 Å². The molecule has 0 aliphatic carbocycles. The topological polar surface area (TPSA) is 95.6 Å². The smallest absolute Gasteiger partial charge is 0.243 e. The SMILES string of the molecule is CC(=O)Nc1ccc(S(=O)(=O)N2CCC[C@@H](C(=O)Nc3ccc(F)cc3)C2)cc1. The number of hydrogen-bond acceptors (Lipinski definition) is 4. The number of carbonyl (C=O) groups is 2. The van der Waals surface area contributed by atoms with Crippen molar-refractivity contribution in [3.8, 4) is 0 Å². The first-order valence-electron chi connectivity index (χ1n) is 9.20. The van der Waals surface area contributed by atoms with E-state index in [4.69, 9.17) is 0 Å². The highest BCUT2D eigenvalue weighted by atomic mass is 32.2. The Kier molecular flexibility index (Phi) is 6.29. The summed E-state index contributed by atoms with van der Waals surface area (Å²) < 4.78 is 40.2. The third-order valence-electron chi connectivity index (χ3n) is 4.68. The molecule has 1 saturated heterocycles. The van der Waals surface area contributed by atoms with Gasteiger partial charge in [-0.15, -0.1) is 0 Å². The molecule has 2 N–H and O–H groups in total. The van der Waals surface area contributed by atoms with Gasteiger partial charge in [0.1, 0.15) is 5.82 Å². The molecule has 2 aromatic carbocycles. The van der Waals surface area contributed by atoms with Gasteiger partial charge in [0.15, 0.2) is 0 Å². The number of carbonyl (C=O) groups excluding carboxylic acids is 2. The third-order valence-corrected chi connectivity index (χ3v) is 6.56. The second-order valence-electron chi connectivity index (χ2n) is 6.90. The average molecular weight is 419 g/mol. The van der Waals surface area contributed by atoms with Crippen LogP contribution in [0.4, 0.5) is 15.8 Å². The molecule has 7 nitrogen and oxygen atoms in total. The van der Waals surface area contributed by atoms with Gasteiger partial charge >= 0.3 is 0 Å². The van der Waals surface area contributed by atoms with Gasteiger partial charge < -0.3 is 10.6 Å². The molecule has 3 rings (SSSR count). The summed E-state index contributed by atoms with van der Waals surface area (Å²) in [5, 5.41) is 5.30. The van der Waals surface area contributed by atoms with Crippen LogP contribution in [0.5, 0.6) is 0 Å². The Balaban J connectivity index is 1.69. The van der Waals surface area contributed by atoms with Crippen molar-refractivity contribution < 1.29 is 22.4 Å². The molecule has 154 valence electrons. The van der Waals surface area contributed by atoms with Crippen LogP contribution in [0.15, 0.2) is 53.4 Å². The van der Waals surface area contributed by atoms with Gasteiger partial charge in [-0.2, -0.15) is 4.31 Å². The maximum absolute atomic E-state index is 13.0. The maximum atomic E-state index is 13.0. The standard InChI is InChI=1S/C20H22FN3O4S/c1-14(25)22-17-8-10-19(11-9-17)29(27,28)24-12-2-3-15(13-24)20(26)23-18-6-4-16(21)5-7-18/h4-11,15H,2-3,12-13H2,1H3,(H,22,25)(H,23,26)/t15-/m1/s1. The maximum Gasteiger partial charge on any atom is 0.243 e. The molecule has 0 saturated carbocycles. The molecular weight excluding hydrogens is 397 g/mol. The zero-order chi connectivity index (χ0) is 21.0. The molecule has 1 aliphatic heterocycles. The molecular formula is C20H22FN3O4S. The first kappa shape index (κ1) is 20.9. The fraction of sp³-hybridized carbons (Fsp3) is 0.300. The number of amides is 2. The molecule has 9 heteroatoms. The first-order chi connectivity index (χ1) is 13.8. The zero-order valence-electron chi connectivity index (χ0n) is 15.9. The van der Waals surface area contributed by atoms with Crippen LogP contribution in [0.1, 0.15) is 19.8 Å². The molecule has 0 unspecified atom stereocenters. The van der Waals surface area contributed by atoms with E-state index in [0.29, 0.717) is 30.8 Å². The fourth-order valence-electron chi connectivity index (χ4n) is 3.21. The number of nitrogens with zero attached hydrogens (tertiary/aromatic N) is 1. The summed E-state index contributed by atoms with van der Waals surface area (Å²) in [6.07, 6.45) is 1.13. The number of halogens is 1. The largest absolute Gasteiger partial charge is 0.326 e. The molecule has 1 aliphatic rings. The molecule has 0 spiro atoms. The van der Waals surface area contributed by atoms with Crippen LogP contribution in [0.25, 0.3) is 0 Å². The summed E-state index contributed by atoms with van der Waals surface area (Å²) in [5.74, 6) is -1.44. The minimum atomic E-state index is -3.76. The average Bonchev–Trinajstić information content (AvgIpc) is 2.70. The lowest BCUT2D eigenvalue weighted by Crippen LogP contribution is -2.43. The zero-order valence-corrected chi connectivity index (χ0v) is 16.7. The van der Waals surface area contributed by atoms with E-state index in [-0.39, 0.29) is 23.3 Å². The van der Waals surface area contributed by atoms with E-state index in [1.807, 2.05) is 0 Å². The molecule has 29 heavy (non-hydrogen) atoms. The van der Waals surface area contributed by atoms with Crippen molar-refractivity contribution in [1.82, 2.24) is 4.31 Å². The molecule has 1 atom stereocenters. The third kappa shape index (κ3) is 5.18. The summed E-state index contributed by atoms with van der Waals surface area (Å²) in [5.41, 5.74) is 0.969. The Labute approximate surface area is 169 Å². The molecule has 2 amide bonds. The number of nitrogens with one attached hydrogen (secondary N) is 2. The summed E-state index contributed by atoms with van der Waals surface area (Å²) in [6.45, 7) is 1.77. The molecule has 0 aromatic heterocycles. The number of hydrogen-bond donors (Lipinski definition) is 2. The number of benzene rings is 2. The van der Waals surface area contributed by atoms with Crippen molar-refractivity contribution in [3.63, 3.8) is 0 Å². The van der Waals surface area contributed by atoms with E-state index in [2.05, 4.69) is 10.6 Å². The summed E-state index contributed by atoms with van der Waals surface area (Å²) in [7, 11) is -3.76. The van der Waals surface area contributed by atoms with E-state index in [1.54, 1.807) is 0 Å². The number of piperidine rings is 1. The van der Waals surface area contributed by atoms with Crippen LogP contribution in [0, 0.1) is 11.7 Å². The van der Waals surface area contributed by atoms with Gasteiger partial charge in [0.2, 0.25) is 21.8 Å². The summed E-state index contributed by atoms with van der Waals surface area (Å²) in [4.78, 5) is 23.7. The van der Waals surface area contributed by atoms with Crippen LogP contribution in [0.3, 0.4) is 0 Å². The van der Waals surface area contributed by atoms with Crippen LogP contribution >= 0.6 is 0 Å². The van der Waals surface area contributed by atoms with Gasteiger partial charge in [0.05, 0.1) is 10.8 Å². The summed E-state index contributed by atoms with van der Waals surface area (Å²) >= 11 is 0. The molecule has 0 bridgehead atoms. The summed E-state index contributed by atoms with van der Waals surface area (Å²) in [6, 6.07) is 11.3. The van der Waals surface area contributed by atoms with E-state index in [1.165, 1.54) is 59.8 Å². The quantitative estimate of drug-likeness (QED) is 0.779. The van der Waals surface area contributed by atoms with Crippen molar-refractivity contribution in [2.75, 3.05) is 23.7 Å².